The van der Waals surface area contributed by atoms with Crippen LogP contribution in [-0.2, 0) is 4.79 Å². The van der Waals surface area contributed by atoms with Crippen LogP contribution in [0.3, 0.4) is 0 Å². The number of carboxylic acids is 1. The summed E-state index contributed by atoms with van der Waals surface area (Å²) in [5, 5.41) is 8.99. The Morgan fingerprint density at radius 3 is 2.60 bits per heavy atom. The van der Waals surface area contributed by atoms with Crippen LogP contribution < -0.4 is 5.73 Å². The van der Waals surface area contributed by atoms with Gasteiger partial charge in [0.05, 0.1) is 5.92 Å². The molecular weight excluding hydrogens is 190 g/mol. The molecule has 0 heterocycles. The van der Waals surface area contributed by atoms with Crippen LogP contribution in [0.2, 0.25) is 0 Å². The van der Waals surface area contributed by atoms with Gasteiger partial charge in [-0.1, -0.05) is 19.3 Å². The van der Waals surface area contributed by atoms with Crippen LogP contribution in [0.4, 0.5) is 0 Å². The number of rotatable bonds is 4. The number of hydrogen-bond acceptors (Lipinski definition) is 1. The lowest BCUT2D eigenvalue weighted by molar-refractivity contribution is -0.142. The third-order valence-electron chi connectivity index (χ3n) is 3.48. The van der Waals surface area contributed by atoms with Gasteiger partial charge < -0.3 is 5.11 Å². The Bertz CT molecular complexity index is 192. The fourth-order valence-corrected chi connectivity index (χ4v) is 2.48. The molecule has 1 aliphatic carbocycles. The zero-order valence-electron chi connectivity index (χ0n) is 9.37. The predicted octanol–water partition coefficient (Wildman–Crippen LogP) is 2.72. The van der Waals surface area contributed by atoms with Gasteiger partial charge in [0.25, 0.3) is 0 Å². The second kappa shape index (κ2) is 6.83. The molecule has 2 atom stereocenters. The first-order chi connectivity index (χ1) is 7.24. The average Bonchev–Trinajstić information content (AvgIpc) is 2.16. The highest BCUT2D eigenvalue weighted by Gasteiger charge is 2.21. The Labute approximate surface area is 92.0 Å². The summed E-state index contributed by atoms with van der Waals surface area (Å²) in [6, 6.07) is 0. The Morgan fingerprint density at radius 1 is 1.20 bits per heavy atom. The van der Waals surface area contributed by atoms with Crippen molar-refractivity contribution in [2.24, 2.45) is 11.8 Å². The van der Waals surface area contributed by atoms with Crippen LogP contribution in [0.15, 0.2) is 0 Å². The molecule has 1 rings (SSSR count). The Morgan fingerprint density at radius 2 is 1.93 bits per heavy atom. The van der Waals surface area contributed by atoms with E-state index in [0.717, 1.165) is 38.5 Å². The van der Waals surface area contributed by atoms with E-state index >= 15 is 0 Å². The van der Waals surface area contributed by atoms with Gasteiger partial charge >= 0.3 is 5.97 Å². The van der Waals surface area contributed by atoms with Crippen molar-refractivity contribution in [1.82, 2.24) is 5.73 Å². The fourth-order valence-electron chi connectivity index (χ4n) is 2.48. The SMILES string of the molecule is [NH]CCCC1CCCCC(C(=O)O)CC1. The van der Waals surface area contributed by atoms with Crippen molar-refractivity contribution in [2.45, 2.75) is 51.4 Å². The van der Waals surface area contributed by atoms with Gasteiger partial charge in [-0.15, -0.1) is 0 Å². The van der Waals surface area contributed by atoms with E-state index in [1.54, 1.807) is 0 Å². The number of carboxylic acid groups (broad SMARTS) is 1. The summed E-state index contributed by atoms with van der Waals surface area (Å²) in [5.74, 6) is -0.0440. The van der Waals surface area contributed by atoms with Gasteiger partial charge in [-0.05, 0) is 38.0 Å². The van der Waals surface area contributed by atoms with Gasteiger partial charge in [-0.2, -0.15) is 0 Å². The van der Waals surface area contributed by atoms with Crippen LogP contribution in [0.5, 0.6) is 0 Å². The van der Waals surface area contributed by atoms with E-state index < -0.39 is 5.97 Å². The Hall–Kier alpha value is -0.570. The van der Waals surface area contributed by atoms with E-state index in [-0.39, 0.29) is 5.92 Å². The van der Waals surface area contributed by atoms with Crippen LogP contribution >= 0.6 is 0 Å². The third kappa shape index (κ3) is 4.65. The van der Waals surface area contributed by atoms with E-state index in [4.69, 9.17) is 10.8 Å². The second-order valence-corrected chi connectivity index (χ2v) is 4.66. The molecule has 1 fully saturated rings. The van der Waals surface area contributed by atoms with Gasteiger partial charge in [-0.3, -0.25) is 10.5 Å². The van der Waals surface area contributed by atoms with Crippen LogP contribution in [0.1, 0.15) is 51.4 Å². The lowest BCUT2D eigenvalue weighted by atomic mass is 9.83. The van der Waals surface area contributed by atoms with E-state index in [1.807, 2.05) is 0 Å². The first-order valence-electron chi connectivity index (χ1n) is 6.11. The molecule has 0 aromatic rings. The van der Waals surface area contributed by atoms with Gasteiger partial charge in [0.15, 0.2) is 0 Å². The summed E-state index contributed by atoms with van der Waals surface area (Å²) >= 11 is 0. The van der Waals surface area contributed by atoms with Crippen molar-refractivity contribution in [2.75, 3.05) is 6.54 Å². The number of nitrogens with one attached hydrogen (secondary N) is 1. The van der Waals surface area contributed by atoms with Crippen molar-refractivity contribution in [3.05, 3.63) is 0 Å². The fraction of sp³-hybridized carbons (Fsp3) is 0.917. The molecular formula is C12H22NO2. The Balaban J connectivity index is 2.33. The molecule has 1 saturated carbocycles. The molecule has 0 amide bonds. The molecule has 0 aromatic heterocycles. The van der Waals surface area contributed by atoms with Crippen molar-refractivity contribution < 1.29 is 9.90 Å². The molecule has 15 heavy (non-hydrogen) atoms. The molecule has 3 nitrogen and oxygen atoms in total. The number of carbonyl (C=O) groups is 1. The van der Waals surface area contributed by atoms with Crippen LogP contribution in [0, 0.1) is 11.8 Å². The van der Waals surface area contributed by atoms with Gasteiger partial charge in [0.1, 0.15) is 0 Å². The maximum atomic E-state index is 10.9. The standard InChI is InChI=1S/C12H22NO2/c13-9-3-5-10-4-1-2-6-11(8-7-10)12(14)15/h10-11,13H,1-9H2,(H,14,15). The lowest BCUT2D eigenvalue weighted by Crippen LogP contribution is -2.17. The summed E-state index contributed by atoms with van der Waals surface area (Å²) in [4.78, 5) is 10.9. The Kier molecular flexibility index (Phi) is 5.69. The minimum atomic E-state index is -0.615. The second-order valence-electron chi connectivity index (χ2n) is 4.66. The highest BCUT2D eigenvalue weighted by Crippen LogP contribution is 2.28. The molecule has 87 valence electrons. The molecule has 2 N–H and O–H groups in total. The third-order valence-corrected chi connectivity index (χ3v) is 3.48. The molecule has 0 aliphatic heterocycles. The summed E-state index contributed by atoms with van der Waals surface area (Å²) in [6.07, 6.45) is 8.33. The zero-order chi connectivity index (χ0) is 11.1. The van der Waals surface area contributed by atoms with Crippen molar-refractivity contribution in [3.8, 4) is 0 Å². The minimum absolute atomic E-state index is 0.108. The zero-order valence-corrected chi connectivity index (χ0v) is 9.37. The topological polar surface area (TPSA) is 61.1 Å². The predicted molar refractivity (Wildman–Crippen MR) is 59.5 cm³/mol. The molecule has 0 aromatic carbocycles. The van der Waals surface area contributed by atoms with Gasteiger partial charge in [0, 0.05) is 6.54 Å². The van der Waals surface area contributed by atoms with Crippen LogP contribution in [0.25, 0.3) is 0 Å². The van der Waals surface area contributed by atoms with Gasteiger partial charge in [-0.25, -0.2) is 0 Å². The minimum Gasteiger partial charge on any atom is -0.481 e. The monoisotopic (exact) mass is 212 g/mol. The van der Waals surface area contributed by atoms with Crippen LogP contribution in [-0.4, -0.2) is 17.6 Å². The first-order valence-corrected chi connectivity index (χ1v) is 6.11. The molecule has 0 bridgehead atoms. The van der Waals surface area contributed by atoms with Crippen molar-refractivity contribution in [3.63, 3.8) is 0 Å². The average molecular weight is 212 g/mol. The maximum Gasteiger partial charge on any atom is 0.306 e. The van der Waals surface area contributed by atoms with E-state index in [2.05, 4.69) is 0 Å². The molecule has 1 aliphatic rings. The molecule has 3 heteroatoms. The van der Waals surface area contributed by atoms with E-state index in [1.165, 1.54) is 12.8 Å². The van der Waals surface area contributed by atoms with Crippen molar-refractivity contribution >= 4 is 5.97 Å². The van der Waals surface area contributed by atoms with E-state index in [0.29, 0.717) is 12.5 Å². The summed E-state index contributed by atoms with van der Waals surface area (Å²) in [5.41, 5.74) is 7.13. The molecule has 0 spiro atoms. The van der Waals surface area contributed by atoms with Gasteiger partial charge in [0.2, 0.25) is 0 Å². The highest BCUT2D eigenvalue weighted by molar-refractivity contribution is 5.69. The molecule has 1 radical (unpaired) electrons. The highest BCUT2D eigenvalue weighted by atomic mass is 16.4. The smallest absolute Gasteiger partial charge is 0.306 e. The maximum absolute atomic E-state index is 10.9. The summed E-state index contributed by atoms with van der Waals surface area (Å²) in [7, 11) is 0. The number of hydrogen-bond donors (Lipinski definition) is 1. The normalized spacial score (nSPS) is 28.1. The summed E-state index contributed by atoms with van der Waals surface area (Å²) < 4.78 is 0. The molecule has 2 unspecified atom stereocenters. The van der Waals surface area contributed by atoms with Crippen molar-refractivity contribution in [1.29, 1.82) is 0 Å². The van der Waals surface area contributed by atoms with E-state index in [9.17, 15) is 4.79 Å². The largest absolute Gasteiger partial charge is 0.481 e. The summed E-state index contributed by atoms with van der Waals surface area (Å²) in [6.45, 7) is 0.513. The molecule has 0 saturated heterocycles. The lowest BCUT2D eigenvalue weighted by Gasteiger charge is -2.22. The quantitative estimate of drug-likeness (QED) is 0.778. The number of aliphatic carboxylic acids is 1. The first kappa shape index (κ1) is 12.5.